The van der Waals surface area contributed by atoms with E-state index in [0.717, 1.165) is 0 Å². The molecule has 0 unspecified atom stereocenters. The molecule has 0 rings (SSSR count). The van der Waals surface area contributed by atoms with Gasteiger partial charge >= 0.3 is 0 Å². The van der Waals surface area contributed by atoms with Crippen molar-refractivity contribution in [2.45, 2.75) is 17.8 Å². The van der Waals surface area contributed by atoms with E-state index in [1.54, 1.807) is 18.2 Å². The molecule has 0 aromatic carbocycles. The molecular formula is C10H16ClN. The first-order valence-electron chi connectivity index (χ1n) is 3.95. The molecule has 0 heterocycles. The molecule has 0 aromatic rings. The number of nitrogens with one attached hydrogen (secondary N) is 1. The maximum absolute atomic E-state index is 6.22. The molecule has 68 valence electrons. The first-order chi connectivity index (χ1) is 5.68. The fourth-order valence-electron chi connectivity index (χ4n) is 0.940. The monoisotopic (exact) mass is 185 g/mol. The zero-order valence-electron chi connectivity index (χ0n) is 7.35. The van der Waals surface area contributed by atoms with Crippen LogP contribution in [0.2, 0.25) is 0 Å². The van der Waals surface area contributed by atoms with Gasteiger partial charge in [0.05, 0.1) is 0 Å². The first kappa shape index (κ1) is 11.5. The van der Waals surface area contributed by atoms with Crippen molar-refractivity contribution < 1.29 is 0 Å². The van der Waals surface area contributed by atoms with E-state index >= 15 is 0 Å². The lowest BCUT2D eigenvalue weighted by atomic mass is 10.1. The highest BCUT2D eigenvalue weighted by atomic mass is 35.5. The van der Waals surface area contributed by atoms with Crippen molar-refractivity contribution in [2.75, 3.05) is 6.54 Å². The van der Waals surface area contributed by atoms with E-state index in [9.17, 15) is 0 Å². The third-order valence-corrected chi connectivity index (χ3v) is 1.94. The fraction of sp³-hybridized carbons (Fsp3) is 0.400. The summed E-state index contributed by atoms with van der Waals surface area (Å²) >= 11 is 6.22. The van der Waals surface area contributed by atoms with Crippen molar-refractivity contribution in [2.24, 2.45) is 0 Å². The number of alkyl halides is 1. The second kappa shape index (κ2) is 6.04. The van der Waals surface area contributed by atoms with Gasteiger partial charge in [-0.25, -0.2) is 0 Å². The second-order valence-corrected chi connectivity index (χ2v) is 3.34. The Bertz CT molecular complexity index is 153. The average Bonchev–Trinajstić information content (AvgIpc) is 2.02. The second-order valence-electron chi connectivity index (χ2n) is 2.62. The van der Waals surface area contributed by atoms with E-state index in [-0.39, 0.29) is 0 Å². The van der Waals surface area contributed by atoms with Crippen LogP contribution >= 0.6 is 11.6 Å². The van der Waals surface area contributed by atoms with Crippen molar-refractivity contribution in [3.05, 3.63) is 38.0 Å². The highest BCUT2D eigenvalue weighted by Crippen LogP contribution is 2.21. The van der Waals surface area contributed by atoms with Gasteiger partial charge in [-0.2, -0.15) is 0 Å². The van der Waals surface area contributed by atoms with E-state index in [0.29, 0.717) is 19.4 Å². The van der Waals surface area contributed by atoms with Crippen LogP contribution in [0.15, 0.2) is 38.0 Å². The lowest BCUT2D eigenvalue weighted by molar-refractivity contribution is 0.488. The van der Waals surface area contributed by atoms with Crippen molar-refractivity contribution in [1.29, 1.82) is 0 Å². The molecule has 0 spiro atoms. The average molecular weight is 186 g/mol. The van der Waals surface area contributed by atoms with Crippen LogP contribution in [0.4, 0.5) is 0 Å². The minimum absolute atomic E-state index is 0.433. The first-order valence-corrected chi connectivity index (χ1v) is 4.33. The van der Waals surface area contributed by atoms with Crippen LogP contribution in [-0.2, 0) is 0 Å². The Kier molecular flexibility index (Phi) is 5.77. The summed E-state index contributed by atoms with van der Waals surface area (Å²) in [5.41, 5.74) is 0. The number of rotatable bonds is 7. The Hall–Kier alpha value is -0.530. The van der Waals surface area contributed by atoms with Gasteiger partial charge in [-0.15, -0.1) is 31.3 Å². The van der Waals surface area contributed by atoms with Gasteiger partial charge in [-0.3, -0.25) is 5.32 Å². The summed E-state index contributed by atoms with van der Waals surface area (Å²) in [5, 5.41) is 3.15. The van der Waals surface area contributed by atoms with Crippen LogP contribution in [0, 0.1) is 0 Å². The molecule has 0 bridgehead atoms. The van der Waals surface area contributed by atoms with E-state index in [4.69, 9.17) is 11.6 Å². The maximum Gasteiger partial charge on any atom is 0.101 e. The van der Waals surface area contributed by atoms with E-state index in [1.165, 1.54) is 0 Å². The topological polar surface area (TPSA) is 12.0 Å². The molecule has 1 nitrogen and oxygen atoms in total. The quantitative estimate of drug-likeness (QED) is 0.366. The SMILES string of the molecule is C=CCNC(Cl)(CC=C)CC=C. The van der Waals surface area contributed by atoms with Gasteiger partial charge in [-0.05, 0) is 12.8 Å². The number of hydrogen-bond acceptors (Lipinski definition) is 1. The van der Waals surface area contributed by atoms with Crippen LogP contribution in [0.5, 0.6) is 0 Å². The summed E-state index contributed by atoms with van der Waals surface area (Å²) in [6, 6.07) is 0. The standard InChI is InChI=1S/C10H16ClN/c1-4-7-10(11,8-5-2)12-9-6-3/h4-6,12H,1-3,7-9H2. The normalized spacial score (nSPS) is 10.8. The van der Waals surface area contributed by atoms with Gasteiger partial charge in [0.25, 0.3) is 0 Å². The third-order valence-electron chi connectivity index (χ3n) is 1.50. The molecule has 2 heteroatoms. The minimum Gasteiger partial charge on any atom is -0.295 e. The molecule has 0 saturated carbocycles. The molecule has 0 radical (unpaired) electrons. The maximum atomic E-state index is 6.22. The van der Waals surface area contributed by atoms with Gasteiger partial charge in [0.15, 0.2) is 0 Å². The van der Waals surface area contributed by atoms with E-state index in [1.807, 2.05) is 0 Å². The predicted molar refractivity (Wildman–Crippen MR) is 56.4 cm³/mol. The largest absolute Gasteiger partial charge is 0.295 e. The molecular weight excluding hydrogens is 170 g/mol. The Labute approximate surface area is 79.8 Å². The minimum atomic E-state index is -0.433. The van der Waals surface area contributed by atoms with Crippen LogP contribution < -0.4 is 5.32 Å². The summed E-state index contributed by atoms with van der Waals surface area (Å²) in [6.45, 7) is 11.6. The molecule has 12 heavy (non-hydrogen) atoms. The summed E-state index contributed by atoms with van der Waals surface area (Å²) in [4.78, 5) is -0.433. The Morgan fingerprint density at radius 1 is 1.08 bits per heavy atom. The van der Waals surface area contributed by atoms with E-state index in [2.05, 4.69) is 25.1 Å². The molecule has 0 saturated heterocycles. The Balaban J connectivity index is 4.04. The molecule has 0 aliphatic rings. The van der Waals surface area contributed by atoms with Gasteiger partial charge in [0.2, 0.25) is 0 Å². The van der Waals surface area contributed by atoms with Crippen molar-refractivity contribution in [3.8, 4) is 0 Å². The van der Waals surface area contributed by atoms with E-state index < -0.39 is 5.00 Å². The lowest BCUT2D eigenvalue weighted by Gasteiger charge is -2.25. The van der Waals surface area contributed by atoms with Crippen molar-refractivity contribution in [1.82, 2.24) is 5.32 Å². The molecule has 0 amide bonds. The summed E-state index contributed by atoms with van der Waals surface area (Å²) in [5.74, 6) is 0. The predicted octanol–water partition coefficient (Wildman–Crippen LogP) is 2.85. The summed E-state index contributed by atoms with van der Waals surface area (Å²) < 4.78 is 0. The molecule has 0 aliphatic carbocycles. The number of hydrogen-bond donors (Lipinski definition) is 1. The van der Waals surface area contributed by atoms with Crippen molar-refractivity contribution in [3.63, 3.8) is 0 Å². The van der Waals surface area contributed by atoms with Crippen LogP contribution in [0.3, 0.4) is 0 Å². The van der Waals surface area contributed by atoms with Crippen molar-refractivity contribution >= 4 is 11.6 Å². The van der Waals surface area contributed by atoms with Crippen LogP contribution in [0.1, 0.15) is 12.8 Å². The Morgan fingerprint density at radius 2 is 1.58 bits per heavy atom. The van der Waals surface area contributed by atoms with Gasteiger partial charge in [0, 0.05) is 6.54 Å². The zero-order valence-corrected chi connectivity index (χ0v) is 8.11. The highest BCUT2D eigenvalue weighted by Gasteiger charge is 2.21. The molecule has 0 atom stereocenters. The smallest absolute Gasteiger partial charge is 0.101 e. The van der Waals surface area contributed by atoms with Gasteiger partial charge in [-0.1, -0.05) is 18.2 Å². The van der Waals surface area contributed by atoms with Crippen LogP contribution in [0.25, 0.3) is 0 Å². The van der Waals surface area contributed by atoms with Gasteiger partial charge < -0.3 is 0 Å². The lowest BCUT2D eigenvalue weighted by Crippen LogP contribution is -2.38. The highest BCUT2D eigenvalue weighted by molar-refractivity contribution is 6.23. The molecule has 0 fully saturated rings. The fourth-order valence-corrected chi connectivity index (χ4v) is 1.24. The molecule has 0 aromatic heterocycles. The molecule has 1 N–H and O–H groups in total. The summed E-state index contributed by atoms with van der Waals surface area (Å²) in [6.07, 6.45) is 6.81. The number of halogens is 1. The summed E-state index contributed by atoms with van der Waals surface area (Å²) in [7, 11) is 0. The van der Waals surface area contributed by atoms with Crippen LogP contribution in [-0.4, -0.2) is 11.5 Å². The third kappa shape index (κ3) is 4.37. The Morgan fingerprint density at radius 3 is 1.92 bits per heavy atom. The van der Waals surface area contributed by atoms with Gasteiger partial charge in [0.1, 0.15) is 5.00 Å². The molecule has 0 aliphatic heterocycles. The zero-order chi connectivity index (χ0) is 9.45.